The van der Waals surface area contributed by atoms with Gasteiger partial charge < -0.3 is 24.8 Å². The summed E-state index contributed by atoms with van der Waals surface area (Å²) in [5.41, 5.74) is 7.61. The van der Waals surface area contributed by atoms with Gasteiger partial charge in [0.05, 0.1) is 31.1 Å². The second kappa shape index (κ2) is 13.7. The summed E-state index contributed by atoms with van der Waals surface area (Å²) in [5, 5.41) is -0.344. The highest BCUT2D eigenvalue weighted by molar-refractivity contribution is 7.90. The third-order valence-electron chi connectivity index (χ3n) is 7.06. The summed E-state index contributed by atoms with van der Waals surface area (Å²) in [5.74, 6) is 0.446. The Balaban J connectivity index is 1.59. The number of nitrogen functional groups attached to an aromatic ring is 1. The number of hydrogen-bond acceptors (Lipinski definition) is 11. The Labute approximate surface area is 253 Å². The molecule has 1 amide bonds. The van der Waals surface area contributed by atoms with Gasteiger partial charge in [0.1, 0.15) is 18.2 Å². The van der Waals surface area contributed by atoms with Crippen LogP contribution in [0.15, 0.2) is 47.6 Å². The van der Waals surface area contributed by atoms with Crippen molar-refractivity contribution in [2.24, 2.45) is 5.92 Å². The molecule has 1 saturated heterocycles. The van der Waals surface area contributed by atoms with Gasteiger partial charge in [-0.1, -0.05) is 13.0 Å². The number of sulfonamides is 1. The molecule has 0 unspecified atom stereocenters. The van der Waals surface area contributed by atoms with Crippen molar-refractivity contribution < 1.29 is 27.4 Å². The summed E-state index contributed by atoms with van der Waals surface area (Å²) < 4.78 is 44.6. The summed E-state index contributed by atoms with van der Waals surface area (Å²) in [7, 11) is -4.27. The highest BCUT2D eigenvalue weighted by atomic mass is 32.2. The summed E-state index contributed by atoms with van der Waals surface area (Å²) in [4.78, 5) is 28.8. The quantitative estimate of drug-likeness (QED) is 0.272. The molecule has 4 heterocycles. The van der Waals surface area contributed by atoms with Gasteiger partial charge in [-0.2, -0.15) is 8.42 Å². The molecule has 0 saturated carbocycles. The number of carbonyl (C=O) groups excluding carboxylic acids is 1. The second-order valence-corrected chi connectivity index (χ2v) is 12.8. The first-order valence-corrected chi connectivity index (χ1v) is 15.7. The maximum atomic E-state index is 13.5. The van der Waals surface area contributed by atoms with Gasteiger partial charge in [0, 0.05) is 36.0 Å². The minimum atomic E-state index is -4.27. The Morgan fingerprint density at radius 3 is 2.53 bits per heavy atom. The van der Waals surface area contributed by atoms with Crippen LogP contribution in [0.5, 0.6) is 5.88 Å². The van der Waals surface area contributed by atoms with Crippen molar-refractivity contribution in [1.82, 2.24) is 19.7 Å². The molecular formula is C30H40N6O6S. The molecule has 12 nitrogen and oxygen atoms in total. The Bertz CT molecular complexity index is 1550. The van der Waals surface area contributed by atoms with E-state index >= 15 is 0 Å². The van der Waals surface area contributed by atoms with E-state index in [1.54, 1.807) is 18.3 Å². The van der Waals surface area contributed by atoms with E-state index in [4.69, 9.17) is 24.9 Å². The predicted molar refractivity (Wildman–Crippen MR) is 164 cm³/mol. The van der Waals surface area contributed by atoms with Gasteiger partial charge in [0.15, 0.2) is 5.03 Å². The van der Waals surface area contributed by atoms with Crippen molar-refractivity contribution in [3.05, 3.63) is 53.7 Å². The van der Waals surface area contributed by atoms with Crippen molar-refractivity contribution in [3.63, 3.8) is 0 Å². The molecule has 0 aliphatic carbocycles. The number of aryl methyl sites for hydroxylation is 1. The molecule has 4 rings (SSSR count). The number of anilines is 2. The van der Waals surface area contributed by atoms with Crippen LogP contribution >= 0.6 is 0 Å². The summed E-state index contributed by atoms with van der Waals surface area (Å²) in [6, 6.07) is 9.39. The lowest BCUT2D eigenvalue weighted by atomic mass is 9.97. The van der Waals surface area contributed by atoms with Crippen LogP contribution in [0.1, 0.15) is 50.0 Å². The van der Waals surface area contributed by atoms with Gasteiger partial charge in [-0.05, 0) is 70.4 Å². The lowest BCUT2D eigenvalue weighted by Crippen LogP contribution is -2.41. The number of carbonyl (C=O) groups is 1. The largest absolute Gasteiger partial charge is 0.475 e. The molecule has 0 bridgehead atoms. The normalized spacial score (nSPS) is 16.3. The monoisotopic (exact) mass is 612 g/mol. The first kappa shape index (κ1) is 32.1. The highest BCUT2D eigenvalue weighted by Gasteiger charge is 2.39. The van der Waals surface area contributed by atoms with Crippen molar-refractivity contribution in [3.8, 4) is 17.1 Å². The summed E-state index contributed by atoms with van der Waals surface area (Å²) >= 11 is 0. The fourth-order valence-electron chi connectivity index (χ4n) is 5.18. The number of rotatable bonds is 13. The fraction of sp³-hybridized carbons (Fsp3) is 0.467. The minimum Gasteiger partial charge on any atom is -0.475 e. The third-order valence-corrected chi connectivity index (χ3v) is 8.30. The molecule has 1 aliphatic rings. The van der Waals surface area contributed by atoms with Gasteiger partial charge in [0.2, 0.25) is 5.88 Å². The zero-order valence-electron chi connectivity index (χ0n) is 25.3. The van der Waals surface area contributed by atoms with Crippen LogP contribution < -0.4 is 20.1 Å². The van der Waals surface area contributed by atoms with Crippen LogP contribution in [0.4, 0.5) is 11.6 Å². The van der Waals surface area contributed by atoms with Gasteiger partial charge in [-0.25, -0.2) is 19.7 Å². The number of nitrogens with two attached hydrogens (primary N) is 1. The Morgan fingerprint density at radius 2 is 1.86 bits per heavy atom. The Hall–Kier alpha value is -3.81. The molecule has 1 aliphatic heterocycles. The van der Waals surface area contributed by atoms with Crippen molar-refractivity contribution in [2.75, 3.05) is 50.2 Å². The Morgan fingerprint density at radius 1 is 1.12 bits per heavy atom. The molecule has 43 heavy (non-hydrogen) atoms. The van der Waals surface area contributed by atoms with Gasteiger partial charge in [-0.3, -0.25) is 4.79 Å². The predicted octanol–water partition coefficient (Wildman–Crippen LogP) is 3.60. The number of nitrogens with zero attached hydrogens (tertiary/aromatic N) is 4. The van der Waals surface area contributed by atoms with E-state index in [0.29, 0.717) is 62.9 Å². The van der Waals surface area contributed by atoms with Crippen molar-refractivity contribution >= 4 is 27.6 Å². The fourth-order valence-corrected chi connectivity index (χ4v) is 6.12. The molecule has 3 aromatic rings. The maximum absolute atomic E-state index is 13.5. The van der Waals surface area contributed by atoms with Crippen LogP contribution in [0.3, 0.4) is 0 Å². The maximum Gasteiger partial charge on any atom is 0.281 e. The topological polar surface area (TPSA) is 159 Å². The van der Waals surface area contributed by atoms with E-state index in [9.17, 15) is 13.2 Å². The lowest BCUT2D eigenvalue weighted by molar-refractivity contribution is 0.0398. The first-order valence-electron chi connectivity index (χ1n) is 14.2. The summed E-state index contributed by atoms with van der Waals surface area (Å²) in [6.45, 7) is 13.2. The number of ether oxygens (including phenoxy) is 3. The van der Waals surface area contributed by atoms with Gasteiger partial charge >= 0.3 is 0 Å². The molecular weight excluding hydrogens is 572 g/mol. The summed E-state index contributed by atoms with van der Waals surface area (Å²) in [6.07, 6.45) is 2.55. The number of hydrogen-bond donors (Lipinski definition) is 2. The first-order chi connectivity index (χ1) is 20.4. The van der Waals surface area contributed by atoms with E-state index in [-0.39, 0.29) is 21.9 Å². The number of aromatic nitrogens is 3. The van der Waals surface area contributed by atoms with E-state index in [1.807, 2.05) is 19.9 Å². The lowest BCUT2D eigenvalue weighted by Gasteiger charge is -2.34. The number of nitrogens with one attached hydrogen (secondary N) is 1. The van der Waals surface area contributed by atoms with Crippen molar-refractivity contribution in [2.45, 2.75) is 51.6 Å². The SMILES string of the molecule is CCOCCOCCOc1ncc(-c2ccc(C(=O)NS(=O)(=O)c3cccc(N)n3)c(N3C[C@H](C)CC3(C)C)n2)cc1C. The molecule has 0 radical (unpaired) electrons. The van der Waals surface area contributed by atoms with Crippen LogP contribution in [-0.2, 0) is 19.5 Å². The van der Waals surface area contributed by atoms with Crippen LogP contribution in [0, 0.1) is 12.8 Å². The molecule has 3 aromatic heterocycles. The van der Waals surface area contributed by atoms with Crippen LogP contribution in [0.2, 0.25) is 0 Å². The molecule has 1 atom stereocenters. The molecule has 3 N–H and O–H groups in total. The molecule has 0 aromatic carbocycles. The minimum absolute atomic E-state index is 0.0287. The van der Waals surface area contributed by atoms with Crippen LogP contribution in [0.25, 0.3) is 11.3 Å². The van der Waals surface area contributed by atoms with E-state index in [0.717, 1.165) is 17.5 Å². The highest BCUT2D eigenvalue weighted by Crippen LogP contribution is 2.38. The standard InChI is InChI=1S/C30H40N6O6S/c1-6-40-12-13-41-14-15-42-29-21(3)16-22(18-32-29)24-11-10-23(27(33-24)36-19-20(2)17-30(36,4)5)28(37)35-43(38,39)26-9-7-8-25(31)34-26/h7-11,16,18,20H,6,12-15,17,19H2,1-5H3,(H2,31,34)(H,35,37)/t20-/m1/s1. The average Bonchev–Trinajstić information content (AvgIpc) is 3.24. The zero-order chi connectivity index (χ0) is 31.2. The zero-order valence-corrected chi connectivity index (χ0v) is 26.1. The van der Waals surface area contributed by atoms with Crippen LogP contribution in [-0.4, -0.2) is 74.4 Å². The Kier molecular flexibility index (Phi) is 10.2. The third kappa shape index (κ3) is 7.98. The molecule has 0 spiro atoms. The van der Waals surface area contributed by atoms with E-state index in [2.05, 4.69) is 40.4 Å². The average molecular weight is 613 g/mol. The number of amides is 1. The smallest absolute Gasteiger partial charge is 0.281 e. The van der Waals surface area contributed by atoms with E-state index in [1.165, 1.54) is 18.2 Å². The van der Waals surface area contributed by atoms with Gasteiger partial charge in [0.25, 0.3) is 15.9 Å². The second-order valence-electron chi connectivity index (χ2n) is 11.1. The molecule has 13 heteroatoms. The van der Waals surface area contributed by atoms with Crippen molar-refractivity contribution in [1.29, 1.82) is 0 Å². The molecule has 1 fully saturated rings. The molecule has 232 valence electrons. The number of pyridine rings is 3. The van der Waals surface area contributed by atoms with E-state index < -0.39 is 15.9 Å². The van der Waals surface area contributed by atoms with Gasteiger partial charge in [-0.15, -0.1) is 0 Å².